The molecule has 3 nitrogen and oxygen atoms in total. The molecule has 0 N–H and O–H groups in total. The Kier molecular flexibility index (Phi) is 5.90. The summed E-state index contributed by atoms with van der Waals surface area (Å²) in [5.74, 6) is -0.0477. The second-order valence-electron chi connectivity index (χ2n) is 5.19. The zero-order valence-electron chi connectivity index (χ0n) is 13.0. The van der Waals surface area contributed by atoms with Crippen LogP contribution >= 0.6 is 0 Å². The third kappa shape index (κ3) is 4.55. The predicted molar refractivity (Wildman–Crippen MR) is 89.7 cm³/mol. The van der Waals surface area contributed by atoms with Crippen molar-refractivity contribution in [2.24, 2.45) is 10.9 Å². The van der Waals surface area contributed by atoms with Gasteiger partial charge in [0.15, 0.2) is 0 Å². The number of aliphatic imine (C=N–C) groups is 1. The normalized spacial score (nSPS) is 12.7. The second-order valence-corrected chi connectivity index (χ2v) is 5.19. The summed E-state index contributed by atoms with van der Waals surface area (Å²) in [4.78, 5) is 16.7. The SMILES string of the molecule is CCC(C)C(COC(=O)c1ccccc1)=Nc1ccccc1. The highest BCUT2D eigenvalue weighted by Crippen LogP contribution is 2.15. The van der Waals surface area contributed by atoms with E-state index in [1.165, 1.54) is 0 Å². The van der Waals surface area contributed by atoms with E-state index in [0.717, 1.165) is 17.8 Å². The summed E-state index contributed by atoms with van der Waals surface area (Å²) in [6.07, 6.45) is 0.953. The van der Waals surface area contributed by atoms with E-state index >= 15 is 0 Å². The van der Waals surface area contributed by atoms with Gasteiger partial charge in [0.25, 0.3) is 0 Å². The lowest BCUT2D eigenvalue weighted by atomic mass is 10.0. The first kappa shape index (κ1) is 16.0. The van der Waals surface area contributed by atoms with Crippen LogP contribution in [0.15, 0.2) is 65.7 Å². The molecule has 0 fully saturated rings. The molecule has 2 rings (SSSR count). The van der Waals surface area contributed by atoms with Crippen molar-refractivity contribution < 1.29 is 9.53 Å². The molecule has 2 aromatic rings. The fourth-order valence-corrected chi connectivity index (χ4v) is 1.99. The number of rotatable bonds is 6. The van der Waals surface area contributed by atoms with Crippen LogP contribution in [0.25, 0.3) is 0 Å². The van der Waals surface area contributed by atoms with Crippen molar-refractivity contribution in [3.63, 3.8) is 0 Å². The zero-order valence-corrected chi connectivity index (χ0v) is 13.0. The Morgan fingerprint density at radius 2 is 1.64 bits per heavy atom. The van der Waals surface area contributed by atoms with E-state index in [1.807, 2.05) is 48.5 Å². The van der Waals surface area contributed by atoms with E-state index in [4.69, 9.17) is 4.74 Å². The number of hydrogen-bond acceptors (Lipinski definition) is 3. The number of ether oxygens (including phenoxy) is 1. The zero-order chi connectivity index (χ0) is 15.8. The van der Waals surface area contributed by atoms with Gasteiger partial charge in [0.1, 0.15) is 6.61 Å². The van der Waals surface area contributed by atoms with Gasteiger partial charge < -0.3 is 4.74 Å². The molecule has 0 spiro atoms. The Balaban J connectivity index is 2.08. The summed E-state index contributed by atoms with van der Waals surface area (Å²) in [7, 11) is 0. The molecule has 1 unspecified atom stereocenters. The lowest BCUT2D eigenvalue weighted by Crippen LogP contribution is -2.20. The standard InChI is InChI=1S/C19H21NO2/c1-3-15(2)18(20-17-12-8-5-9-13-17)14-22-19(21)16-10-6-4-7-11-16/h4-13,15H,3,14H2,1-2H3. The summed E-state index contributed by atoms with van der Waals surface area (Å²) in [6, 6.07) is 18.8. The molecule has 2 aromatic carbocycles. The fourth-order valence-electron chi connectivity index (χ4n) is 1.99. The summed E-state index contributed by atoms with van der Waals surface area (Å²) in [5, 5.41) is 0. The lowest BCUT2D eigenvalue weighted by Gasteiger charge is -2.13. The van der Waals surface area contributed by atoms with E-state index in [9.17, 15) is 4.79 Å². The van der Waals surface area contributed by atoms with E-state index < -0.39 is 0 Å². The van der Waals surface area contributed by atoms with Crippen LogP contribution in [0.5, 0.6) is 0 Å². The molecule has 0 aromatic heterocycles. The Hall–Kier alpha value is -2.42. The van der Waals surface area contributed by atoms with E-state index in [1.54, 1.807) is 12.1 Å². The number of esters is 1. The minimum atomic E-state index is -0.315. The monoisotopic (exact) mass is 295 g/mol. The van der Waals surface area contributed by atoms with Crippen molar-refractivity contribution in [2.45, 2.75) is 20.3 Å². The van der Waals surface area contributed by atoms with Gasteiger partial charge in [-0.25, -0.2) is 4.79 Å². The number of carbonyl (C=O) groups excluding carboxylic acids is 1. The first-order valence-electron chi connectivity index (χ1n) is 7.55. The van der Waals surface area contributed by atoms with Crippen LogP contribution < -0.4 is 0 Å². The number of benzene rings is 2. The Morgan fingerprint density at radius 3 is 2.23 bits per heavy atom. The molecule has 0 aliphatic rings. The maximum absolute atomic E-state index is 12.0. The molecule has 3 heteroatoms. The smallest absolute Gasteiger partial charge is 0.338 e. The third-order valence-electron chi connectivity index (χ3n) is 3.57. The van der Waals surface area contributed by atoms with Gasteiger partial charge in [-0.2, -0.15) is 0 Å². The molecule has 0 heterocycles. The minimum Gasteiger partial charge on any atom is -0.456 e. The van der Waals surface area contributed by atoms with Crippen molar-refractivity contribution in [3.05, 3.63) is 66.2 Å². The minimum absolute atomic E-state index is 0.220. The Labute approximate surface area is 131 Å². The van der Waals surface area contributed by atoms with Crippen LogP contribution in [0.1, 0.15) is 30.6 Å². The molecule has 1 atom stereocenters. The molecule has 114 valence electrons. The molecular weight excluding hydrogens is 274 g/mol. The van der Waals surface area contributed by atoms with Crippen molar-refractivity contribution in [2.75, 3.05) is 6.61 Å². The largest absolute Gasteiger partial charge is 0.456 e. The Morgan fingerprint density at radius 1 is 1.05 bits per heavy atom. The van der Waals surface area contributed by atoms with Crippen LogP contribution in [0, 0.1) is 5.92 Å². The highest BCUT2D eigenvalue weighted by atomic mass is 16.5. The first-order chi connectivity index (χ1) is 10.7. The van der Waals surface area contributed by atoms with Gasteiger partial charge in [-0.1, -0.05) is 50.2 Å². The van der Waals surface area contributed by atoms with E-state index in [0.29, 0.717) is 5.56 Å². The average molecular weight is 295 g/mol. The summed E-state index contributed by atoms with van der Waals surface area (Å²) in [6.45, 7) is 4.42. The van der Waals surface area contributed by atoms with Crippen molar-refractivity contribution in [3.8, 4) is 0 Å². The summed E-state index contributed by atoms with van der Waals surface area (Å²) in [5.41, 5.74) is 2.33. The van der Waals surface area contributed by atoms with Gasteiger partial charge >= 0.3 is 5.97 Å². The molecule has 0 saturated carbocycles. The average Bonchev–Trinajstić information content (AvgIpc) is 2.59. The van der Waals surface area contributed by atoms with E-state index in [-0.39, 0.29) is 18.5 Å². The van der Waals surface area contributed by atoms with Crippen LogP contribution in [0.3, 0.4) is 0 Å². The molecule has 0 amide bonds. The van der Waals surface area contributed by atoms with Crippen LogP contribution in [0.4, 0.5) is 5.69 Å². The van der Waals surface area contributed by atoms with Gasteiger partial charge in [0.05, 0.1) is 17.0 Å². The van der Waals surface area contributed by atoms with Crippen molar-refractivity contribution in [1.82, 2.24) is 0 Å². The lowest BCUT2D eigenvalue weighted by molar-refractivity contribution is 0.0560. The Bertz CT molecular complexity index is 620. The molecular formula is C19H21NO2. The maximum atomic E-state index is 12.0. The molecule has 22 heavy (non-hydrogen) atoms. The number of hydrogen-bond donors (Lipinski definition) is 0. The molecule has 0 saturated heterocycles. The van der Waals surface area contributed by atoms with Crippen LogP contribution in [0.2, 0.25) is 0 Å². The number of nitrogens with zero attached hydrogens (tertiary/aromatic N) is 1. The first-order valence-corrected chi connectivity index (χ1v) is 7.55. The van der Waals surface area contributed by atoms with Crippen molar-refractivity contribution in [1.29, 1.82) is 0 Å². The van der Waals surface area contributed by atoms with Crippen molar-refractivity contribution >= 4 is 17.4 Å². The maximum Gasteiger partial charge on any atom is 0.338 e. The molecule has 0 bridgehead atoms. The topological polar surface area (TPSA) is 38.7 Å². The highest BCUT2D eigenvalue weighted by Gasteiger charge is 2.13. The third-order valence-corrected chi connectivity index (χ3v) is 3.57. The number of para-hydroxylation sites is 1. The van der Waals surface area contributed by atoms with Gasteiger partial charge in [-0.3, -0.25) is 4.99 Å². The van der Waals surface area contributed by atoms with Gasteiger partial charge in [-0.05, 0) is 36.6 Å². The second kappa shape index (κ2) is 8.13. The quantitative estimate of drug-likeness (QED) is 0.574. The van der Waals surface area contributed by atoms with E-state index in [2.05, 4.69) is 18.8 Å². The fraction of sp³-hybridized carbons (Fsp3) is 0.263. The number of carbonyl (C=O) groups is 1. The predicted octanol–water partition coefficient (Wildman–Crippen LogP) is 4.66. The highest BCUT2D eigenvalue weighted by molar-refractivity contribution is 5.94. The summed E-state index contributed by atoms with van der Waals surface area (Å²) >= 11 is 0. The molecule has 0 radical (unpaired) electrons. The summed E-state index contributed by atoms with van der Waals surface area (Å²) < 4.78 is 5.42. The van der Waals surface area contributed by atoms with Gasteiger partial charge in [-0.15, -0.1) is 0 Å². The molecule has 0 aliphatic heterocycles. The molecule has 0 aliphatic carbocycles. The van der Waals surface area contributed by atoms with Crippen LogP contribution in [-0.4, -0.2) is 18.3 Å². The van der Waals surface area contributed by atoms with Gasteiger partial charge in [0.2, 0.25) is 0 Å². The van der Waals surface area contributed by atoms with Crippen LogP contribution in [-0.2, 0) is 4.74 Å². The van der Waals surface area contributed by atoms with Gasteiger partial charge in [0, 0.05) is 0 Å².